The number of nitro groups is 1. The number of benzene rings is 1. The van der Waals surface area contributed by atoms with Crippen LogP contribution in [0.2, 0.25) is 0 Å². The van der Waals surface area contributed by atoms with Crippen molar-refractivity contribution in [2.45, 2.75) is 6.92 Å². The molecule has 0 aromatic heterocycles. The van der Waals surface area contributed by atoms with E-state index in [1.54, 1.807) is 13.0 Å². The molecule has 23 heavy (non-hydrogen) atoms. The van der Waals surface area contributed by atoms with E-state index < -0.39 is 16.8 Å². The fraction of sp³-hybridized carbons (Fsp3) is 0.214. The number of esters is 1. The second-order valence-electron chi connectivity index (χ2n) is 4.08. The highest BCUT2D eigenvalue weighted by Crippen LogP contribution is 2.23. The van der Waals surface area contributed by atoms with E-state index >= 15 is 0 Å². The van der Waals surface area contributed by atoms with Crippen molar-refractivity contribution in [3.63, 3.8) is 0 Å². The van der Waals surface area contributed by atoms with Crippen LogP contribution in [-0.4, -0.2) is 30.0 Å². The molecule has 0 aliphatic heterocycles. The standard InChI is InChI=1S/C14H14N4O5/c1-2-23-13(19)9-16-8-10(7-15)14(20)17-11-5-3-4-6-12(11)18(21)22/h3-6,8,16H,2,9H2,1H3,(H,17,20)/b10-8-. The van der Waals surface area contributed by atoms with Crippen LogP contribution >= 0.6 is 0 Å². The highest BCUT2D eigenvalue weighted by molar-refractivity contribution is 6.07. The smallest absolute Gasteiger partial charge is 0.325 e. The van der Waals surface area contributed by atoms with Crippen LogP contribution in [0.25, 0.3) is 0 Å². The quantitative estimate of drug-likeness (QED) is 0.252. The Morgan fingerprint density at radius 2 is 2.13 bits per heavy atom. The van der Waals surface area contributed by atoms with Gasteiger partial charge in [-0.1, -0.05) is 12.1 Å². The lowest BCUT2D eigenvalue weighted by Crippen LogP contribution is -2.23. The van der Waals surface area contributed by atoms with E-state index in [1.807, 2.05) is 0 Å². The summed E-state index contributed by atoms with van der Waals surface area (Å²) in [6.45, 7) is 1.65. The van der Waals surface area contributed by atoms with Gasteiger partial charge in [-0.3, -0.25) is 19.7 Å². The SMILES string of the molecule is CCOC(=O)CN/C=C(/C#N)C(=O)Nc1ccccc1[N+](=O)[O-]. The molecule has 0 spiro atoms. The molecule has 0 fully saturated rings. The molecule has 0 saturated carbocycles. The van der Waals surface area contributed by atoms with Crippen molar-refractivity contribution in [2.75, 3.05) is 18.5 Å². The maximum Gasteiger partial charge on any atom is 0.325 e. The van der Waals surface area contributed by atoms with Crippen LogP contribution in [0.15, 0.2) is 36.0 Å². The highest BCUT2D eigenvalue weighted by Gasteiger charge is 2.17. The largest absolute Gasteiger partial charge is 0.465 e. The summed E-state index contributed by atoms with van der Waals surface area (Å²) in [7, 11) is 0. The lowest BCUT2D eigenvalue weighted by atomic mass is 10.2. The van der Waals surface area contributed by atoms with Crippen molar-refractivity contribution in [3.05, 3.63) is 46.2 Å². The van der Waals surface area contributed by atoms with E-state index in [-0.39, 0.29) is 30.1 Å². The molecule has 0 unspecified atom stereocenters. The molecule has 9 heteroatoms. The zero-order valence-electron chi connectivity index (χ0n) is 12.2. The topological polar surface area (TPSA) is 134 Å². The fourth-order valence-corrected chi connectivity index (χ4v) is 1.53. The Balaban J connectivity index is 2.77. The number of anilines is 1. The number of hydrogen-bond donors (Lipinski definition) is 2. The van der Waals surface area contributed by atoms with Crippen molar-refractivity contribution < 1.29 is 19.2 Å². The molecule has 0 heterocycles. The predicted octanol–water partition coefficient (Wildman–Crippen LogP) is 1.09. The van der Waals surface area contributed by atoms with Crippen LogP contribution < -0.4 is 10.6 Å². The zero-order chi connectivity index (χ0) is 17.2. The molecule has 9 nitrogen and oxygen atoms in total. The summed E-state index contributed by atoms with van der Waals surface area (Å²) in [6, 6.07) is 7.18. The highest BCUT2D eigenvalue weighted by atomic mass is 16.6. The van der Waals surface area contributed by atoms with E-state index in [0.717, 1.165) is 6.20 Å². The molecule has 1 amide bonds. The van der Waals surface area contributed by atoms with Gasteiger partial charge in [-0.05, 0) is 13.0 Å². The Kier molecular flexibility index (Phi) is 6.74. The van der Waals surface area contributed by atoms with Crippen LogP contribution in [-0.2, 0) is 14.3 Å². The van der Waals surface area contributed by atoms with E-state index in [2.05, 4.69) is 15.4 Å². The average Bonchev–Trinajstić information content (AvgIpc) is 2.52. The Bertz CT molecular complexity index is 678. The molecule has 0 bridgehead atoms. The molecule has 0 radical (unpaired) electrons. The molecule has 120 valence electrons. The van der Waals surface area contributed by atoms with Gasteiger partial charge in [0.2, 0.25) is 0 Å². The molecule has 1 aromatic carbocycles. The monoisotopic (exact) mass is 318 g/mol. The second kappa shape index (κ2) is 8.78. The zero-order valence-corrected chi connectivity index (χ0v) is 12.2. The maximum atomic E-state index is 11.9. The van der Waals surface area contributed by atoms with Gasteiger partial charge in [0.05, 0.1) is 11.5 Å². The molecule has 0 aliphatic carbocycles. The number of amides is 1. The molecular weight excluding hydrogens is 304 g/mol. The van der Waals surface area contributed by atoms with Gasteiger partial charge in [0.1, 0.15) is 23.9 Å². The van der Waals surface area contributed by atoms with Gasteiger partial charge in [-0.2, -0.15) is 5.26 Å². The minimum atomic E-state index is -0.835. The second-order valence-corrected chi connectivity index (χ2v) is 4.08. The fourth-order valence-electron chi connectivity index (χ4n) is 1.53. The molecule has 1 rings (SSSR count). The third-order valence-corrected chi connectivity index (χ3v) is 2.51. The minimum Gasteiger partial charge on any atom is -0.465 e. The minimum absolute atomic E-state index is 0.0333. The van der Waals surface area contributed by atoms with Gasteiger partial charge in [-0.25, -0.2) is 0 Å². The summed E-state index contributed by atoms with van der Waals surface area (Å²) in [5, 5.41) is 24.6. The number of nitrogens with zero attached hydrogens (tertiary/aromatic N) is 2. The lowest BCUT2D eigenvalue weighted by molar-refractivity contribution is -0.383. The van der Waals surface area contributed by atoms with Crippen molar-refractivity contribution in [1.82, 2.24) is 5.32 Å². The van der Waals surface area contributed by atoms with Crippen LogP contribution in [0.5, 0.6) is 0 Å². The molecule has 2 N–H and O–H groups in total. The third-order valence-electron chi connectivity index (χ3n) is 2.51. The summed E-state index contributed by atoms with van der Waals surface area (Å²) >= 11 is 0. The number of carbonyl (C=O) groups excluding carboxylic acids is 2. The van der Waals surface area contributed by atoms with Crippen molar-refractivity contribution >= 4 is 23.3 Å². The molecule has 1 aromatic rings. The number of hydrogen-bond acceptors (Lipinski definition) is 7. The van der Waals surface area contributed by atoms with E-state index in [0.29, 0.717) is 0 Å². The Morgan fingerprint density at radius 1 is 1.43 bits per heavy atom. The lowest BCUT2D eigenvalue weighted by Gasteiger charge is -2.05. The summed E-state index contributed by atoms with van der Waals surface area (Å²) in [5.41, 5.74) is -0.667. The Labute approximate surface area is 131 Å². The number of ether oxygens (including phenoxy) is 1. The van der Waals surface area contributed by atoms with E-state index in [9.17, 15) is 19.7 Å². The molecular formula is C14H14N4O5. The number of nitro benzene ring substituents is 1. The first-order chi connectivity index (χ1) is 11.0. The normalized spacial score (nSPS) is 10.3. The van der Waals surface area contributed by atoms with Gasteiger partial charge < -0.3 is 15.4 Å². The first-order valence-electron chi connectivity index (χ1n) is 6.53. The summed E-state index contributed by atoms with van der Waals surface area (Å²) in [5.74, 6) is -1.38. The number of rotatable bonds is 7. The van der Waals surface area contributed by atoms with Gasteiger partial charge >= 0.3 is 5.97 Å². The van der Waals surface area contributed by atoms with Gasteiger partial charge in [0, 0.05) is 12.3 Å². The van der Waals surface area contributed by atoms with Crippen molar-refractivity contribution in [3.8, 4) is 6.07 Å². The number of para-hydroxylation sites is 2. The Morgan fingerprint density at radius 3 is 2.74 bits per heavy atom. The summed E-state index contributed by atoms with van der Waals surface area (Å²) in [4.78, 5) is 33.3. The number of nitrogens with one attached hydrogen (secondary N) is 2. The summed E-state index contributed by atoms with van der Waals surface area (Å²) in [6.07, 6.45) is 1.04. The first kappa shape index (κ1) is 17.6. The van der Waals surface area contributed by atoms with Gasteiger partial charge in [-0.15, -0.1) is 0 Å². The van der Waals surface area contributed by atoms with E-state index in [1.165, 1.54) is 24.3 Å². The van der Waals surface area contributed by atoms with Crippen LogP contribution in [0.1, 0.15) is 6.92 Å². The first-order valence-corrected chi connectivity index (χ1v) is 6.53. The maximum absolute atomic E-state index is 11.9. The number of nitriles is 1. The molecule has 0 saturated heterocycles. The predicted molar refractivity (Wildman–Crippen MR) is 80.1 cm³/mol. The van der Waals surface area contributed by atoms with E-state index in [4.69, 9.17) is 5.26 Å². The van der Waals surface area contributed by atoms with Crippen LogP contribution in [0.3, 0.4) is 0 Å². The van der Waals surface area contributed by atoms with Crippen molar-refractivity contribution in [2.24, 2.45) is 0 Å². The van der Waals surface area contributed by atoms with Crippen LogP contribution in [0.4, 0.5) is 11.4 Å². The third kappa shape index (κ3) is 5.47. The molecule has 0 aliphatic rings. The van der Waals surface area contributed by atoms with Crippen LogP contribution in [0, 0.1) is 21.4 Å². The van der Waals surface area contributed by atoms with Gasteiger partial charge in [0.15, 0.2) is 0 Å². The average molecular weight is 318 g/mol. The van der Waals surface area contributed by atoms with Crippen molar-refractivity contribution in [1.29, 1.82) is 5.26 Å². The Hall–Kier alpha value is -3.41. The molecule has 0 atom stereocenters. The summed E-state index contributed by atoms with van der Waals surface area (Å²) < 4.78 is 4.67. The van der Waals surface area contributed by atoms with Gasteiger partial charge in [0.25, 0.3) is 11.6 Å². The number of carbonyl (C=O) groups is 2.